The SMILES string of the molecule is CCCCN1CC(c2c[nH]c3ncccc23)=CC(C)C1. The molecule has 0 spiro atoms. The summed E-state index contributed by atoms with van der Waals surface area (Å²) in [6.07, 6.45) is 8.93. The summed E-state index contributed by atoms with van der Waals surface area (Å²) in [7, 11) is 0. The van der Waals surface area contributed by atoms with Gasteiger partial charge >= 0.3 is 0 Å². The fourth-order valence-electron chi connectivity index (χ4n) is 3.11. The van der Waals surface area contributed by atoms with Crippen LogP contribution in [0.2, 0.25) is 0 Å². The number of hydrogen-bond donors (Lipinski definition) is 1. The van der Waals surface area contributed by atoms with Crippen LogP contribution < -0.4 is 0 Å². The molecule has 0 saturated carbocycles. The lowest BCUT2D eigenvalue weighted by atomic mass is 9.96. The minimum Gasteiger partial charge on any atom is -0.346 e. The first-order chi connectivity index (χ1) is 9.78. The van der Waals surface area contributed by atoms with Gasteiger partial charge in [0, 0.05) is 36.4 Å². The van der Waals surface area contributed by atoms with E-state index >= 15 is 0 Å². The topological polar surface area (TPSA) is 31.9 Å². The van der Waals surface area contributed by atoms with Crippen LogP contribution in [-0.4, -0.2) is 34.5 Å². The maximum atomic E-state index is 4.39. The monoisotopic (exact) mass is 269 g/mol. The summed E-state index contributed by atoms with van der Waals surface area (Å²) < 4.78 is 0. The number of fused-ring (bicyclic) bond motifs is 1. The van der Waals surface area contributed by atoms with Crippen LogP contribution in [-0.2, 0) is 0 Å². The van der Waals surface area contributed by atoms with Crippen molar-refractivity contribution in [3.8, 4) is 0 Å². The van der Waals surface area contributed by atoms with E-state index < -0.39 is 0 Å². The predicted octanol–water partition coefficient (Wildman–Crippen LogP) is 3.70. The third-order valence-electron chi connectivity index (χ3n) is 4.05. The predicted molar refractivity (Wildman–Crippen MR) is 84.6 cm³/mol. The van der Waals surface area contributed by atoms with E-state index in [9.17, 15) is 0 Å². The Balaban J connectivity index is 1.88. The third kappa shape index (κ3) is 2.63. The average molecular weight is 269 g/mol. The van der Waals surface area contributed by atoms with Crippen molar-refractivity contribution in [2.24, 2.45) is 5.92 Å². The van der Waals surface area contributed by atoms with Crippen LogP contribution in [0.3, 0.4) is 0 Å². The van der Waals surface area contributed by atoms with Crippen LogP contribution in [0.1, 0.15) is 32.3 Å². The van der Waals surface area contributed by atoms with E-state index in [4.69, 9.17) is 0 Å². The van der Waals surface area contributed by atoms with Crippen LogP contribution in [0.4, 0.5) is 0 Å². The molecule has 106 valence electrons. The lowest BCUT2D eigenvalue weighted by Gasteiger charge is -2.30. The molecule has 0 aromatic carbocycles. The van der Waals surface area contributed by atoms with Gasteiger partial charge < -0.3 is 4.98 Å². The van der Waals surface area contributed by atoms with Crippen LogP contribution in [0.25, 0.3) is 16.6 Å². The summed E-state index contributed by atoms with van der Waals surface area (Å²) in [6, 6.07) is 4.17. The van der Waals surface area contributed by atoms with Gasteiger partial charge in [-0.1, -0.05) is 26.3 Å². The van der Waals surface area contributed by atoms with E-state index in [2.05, 4.69) is 47.1 Å². The first-order valence-electron chi connectivity index (χ1n) is 7.63. The van der Waals surface area contributed by atoms with Gasteiger partial charge in [-0.3, -0.25) is 4.90 Å². The largest absolute Gasteiger partial charge is 0.346 e. The molecule has 0 aliphatic carbocycles. The van der Waals surface area contributed by atoms with Crippen molar-refractivity contribution in [2.45, 2.75) is 26.7 Å². The molecule has 3 nitrogen and oxygen atoms in total. The maximum absolute atomic E-state index is 4.39. The van der Waals surface area contributed by atoms with Gasteiger partial charge in [0.25, 0.3) is 0 Å². The average Bonchev–Trinajstić information content (AvgIpc) is 2.88. The molecular weight excluding hydrogens is 246 g/mol. The summed E-state index contributed by atoms with van der Waals surface area (Å²) in [5.41, 5.74) is 3.75. The summed E-state index contributed by atoms with van der Waals surface area (Å²) in [6.45, 7) is 8.02. The third-order valence-corrected chi connectivity index (χ3v) is 4.05. The van der Waals surface area contributed by atoms with Gasteiger partial charge in [0.1, 0.15) is 5.65 Å². The smallest absolute Gasteiger partial charge is 0.137 e. The minimum absolute atomic E-state index is 0.622. The summed E-state index contributed by atoms with van der Waals surface area (Å²) in [5.74, 6) is 0.622. The Morgan fingerprint density at radius 1 is 1.45 bits per heavy atom. The number of aromatic amines is 1. The second-order valence-electron chi connectivity index (χ2n) is 5.86. The van der Waals surface area contributed by atoms with Gasteiger partial charge in [0.15, 0.2) is 0 Å². The van der Waals surface area contributed by atoms with Gasteiger partial charge in [-0.2, -0.15) is 0 Å². The Morgan fingerprint density at radius 3 is 3.20 bits per heavy atom. The molecule has 1 atom stereocenters. The number of H-pyrrole nitrogens is 1. The van der Waals surface area contributed by atoms with Gasteiger partial charge in [-0.25, -0.2) is 4.98 Å². The molecule has 1 aliphatic rings. The normalized spacial score (nSPS) is 20.3. The Hall–Kier alpha value is -1.61. The fourth-order valence-corrected chi connectivity index (χ4v) is 3.11. The molecule has 0 amide bonds. The highest BCUT2D eigenvalue weighted by Crippen LogP contribution is 2.28. The van der Waals surface area contributed by atoms with Crippen molar-refractivity contribution < 1.29 is 0 Å². The highest BCUT2D eigenvalue weighted by Gasteiger charge is 2.19. The summed E-state index contributed by atoms with van der Waals surface area (Å²) in [5, 5.41) is 1.24. The zero-order chi connectivity index (χ0) is 13.9. The van der Waals surface area contributed by atoms with E-state index in [1.54, 1.807) is 0 Å². The van der Waals surface area contributed by atoms with Crippen molar-refractivity contribution in [1.29, 1.82) is 0 Å². The second-order valence-corrected chi connectivity index (χ2v) is 5.86. The Kier molecular flexibility index (Phi) is 3.88. The lowest BCUT2D eigenvalue weighted by Crippen LogP contribution is -2.34. The molecule has 3 heterocycles. The minimum atomic E-state index is 0.622. The summed E-state index contributed by atoms with van der Waals surface area (Å²) in [4.78, 5) is 10.3. The molecule has 0 radical (unpaired) electrons. The molecule has 3 heteroatoms. The van der Waals surface area contributed by atoms with Crippen LogP contribution in [0.15, 0.2) is 30.6 Å². The molecule has 1 N–H and O–H groups in total. The molecule has 2 aromatic rings. The quantitative estimate of drug-likeness (QED) is 0.917. The maximum Gasteiger partial charge on any atom is 0.137 e. The molecule has 20 heavy (non-hydrogen) atoms. The summed E-state index contributed by atoms with van der Waals surface area (Å²) >= 11 is 0. The van der Waals surface area contributed by atoms with Crippen molar-refractivity contribution in [3.63, 3.8) is 0 Å². The molecule has 0 saturated heterocycles. The lowest BCUT2D eigenvalue weighted by molar-refractivity contribution is 0.268. The number of aromatic nitrogens is 2. The molecule has 3 rings (SSSR count). The number of hydrogen-bond acceptors (Lipinski definition) is 2. The Bertz CT molecular complexity index is 611. The number of nitrogens with one attached hydrogen (secondary N) is 1. The van der Waals surface area contributed by atoms with Gasteiger partial charge in [0.2, 0.25) is 0 Å². The fraction of sp³-hybridized carbons (Fsp3) is 0.471. The van der Waals surface area contributed by atoms with Crippen LogP contribution in [0, 0.1) is 5.92 Å². The van der Waals surface area contributed by atoms with E-state index in [0.29, 0.717) is 5.92 Å². The van der Waals surface area contributed by atoms with Crippen LogP contribution in [0.5, 0.6) is 0 Å². The molecule has 1 unspecified atom stereocenters. The first kappa shape index (κ1) is 13.4. The van der Waals surface area contributed by atoms with Gasteiger partial charge in [-0.05, 0) is 36.6 Å². The standard InChI is InChI=1S/C17H23N3/c1-3-4-8-20-11-13(2)9-14(12-20)16-10-19-17-15(16)6-5-7-18-17/h5-7,9-10,13H,3-4,8,11-12H2,1-2H3,(H,18,19). The number of unbranched alkanes of at least 4 members (excludes halogenated alkanes) is 1. The molecular formula is C17H23N3. The van der Waals surface area contributed by atoms with E-state index in [-0.39, 0.29) is 0 Å². The number of nitrogens with zero attached hydrogens (tertiary/aromatic N) is 2. The van der Waals surface area contributed by atoms with Gasteiger partial charge in [0.05, 0.1) is 0 Å². The highest BCUT2D eigenvalue weighted by atomic mass is 15.1. The van der Waals surface area contributed by atoms with Crippen LogP contribution >= 0.6 is 0 Å². The molecule has 0 fully saturated rings. The number of rotatable bonds is 4. The Labute approximate surface area is 120 Å². The molecule has 2 aromatic heterocycles. The highest BCUT2D eigenvalue weighted by molar-refractivity contribution is 5.91. The number of pyridine rings is 1. The first-order valence-corrected chi connectivity index (χ1v) is 7.63. The Morgan fingerprint density at radius 2 is 2.35 bits per heavy atom. The van der Waals surface area contributed by atoms with Crippen molar-refractivity contribution in [1.82, 2.24) is 14.9 Å². The van der Waals surface area contributed by atoms with E-state index in [1.807, 2.05) is 12.3 Å². The van der Waals surface area contributed by atoms with E-state index in [0.717, 1.165) is 12.2 Å². The van der Waals surface area contributed by atoms with Crippen molar-refractivity contribution in [2.75, 3.05) is 19.6 Å². The van der Waals surface area contributed by atoms with Crippen molar-refractivity contribution in [3.05, 3.63) is 36.2 Å². The molecule has 1 aliphatic heterocycles. The second kappa shape index (κ2) is 5.80. The van der Waals surface area contributed by atoms with Gasteiger partial charge in [-0.15, -0.1) is 0 Å². The van der Waals surface area contributed by atoms with Crippen molar-refractivity contribution >= 4 is 16.6 Å². The zero-order valence-corrected chi connectivity index (χ0v) is 12.4. The molecule has 0 bridgehead atoms. The van der Waals surface area contributed by atoms with E-state index in [1.165, 1.54) is 42.5 Å². The zero-order valence-electron chi connectivity index (χ0n) is 12.4.